The second kappa shape index (κ2) is 10.1. The fourth-order valence-corrected chi connectivity index (χ4v) is 4.63. The van der Waals surface area contributed by atoms with Crippen molar-refractivity contribution < 1.29 is 9.47 Å². The predicted octanol–water partition coefficient (Wildman–Crippen LogP) is 3.66. The number of fused-ring (bicyclic) bond motifs is 2. The van der Waals surface area contributed by atoms with Crippen LogP contribution in [-0.4, -0.2) is 78.2 Å². The van der Waals surface area contributed by atoms with Crippen molar-refractivity contribution in [3.05, 3.63) is 41.6 Å². The Balaban J connectivity index is 1.65. The van der Waals surface area contributed by atoms with Gasteiger partial charge in [-0.2, -0.15) is 9.61 Å². The average molecular weight is 476 g/mol. The smallest absolute Gasteiger partial charge is 0.160 e. The quantitative estimate of drug-likeness (QED) is 0.363. The normalized spacial score (nSPS) is 13.9. The number of hydrogen-bond acceptors (Lipinski definition) is 8. The van der Waals surface area contributed by atoms with Gasteiger partial charge in [-0.3, -0.25) is 0 Å². The van der Waals surface area contributed by atoms with Gasteiger partial charge in [0, 0.05) is 52.5 Å². The molecule has 0 amide bonds. The molecule has 9 heteroatoms. The summed E-state index contributed by atoms with van der Waals surface area (Å²) in [5.74, 6) is 1.95. The van der Waals surface area contributed by atoms with E-state index in [1.54, 1.807) is 14.2 Å². The molecule has 0 bridgehead atoms. The highest BCUT2D eigenvalue weighted by Crippen LogP contribution is 2.29. The van der Waals surface area contributed by atoms with Crippen LogP contribution in [0.25, 0.3) is 28.1 Å². The first kappa shape index (κ1) is 23.4. The van der Waals surface area contributed by atoms with E-state index in [2.05, 4.69) is 34.9 Å². The molecule has 1 aliphatic heterocycles. The van der Waals surface area contributed by atoms with Crippen LogP contribution >= 0.6 is 0 Å². The zero-order valence-electron chi connectivity index (χ0n) is 21.0. The largest absolute Gasteiger partial charge is 0.383 e. The van der Waals surface area contributed by atoms with Crippen LogP contribution in [0.5, 0.6) is 0 Å². The molecule has 1 saturated heterocycles. The van der Waals surface area contributed by atoms with Gasteiger partial charge < -0.3 is 19.3 Å². The molecule has 0 atom stereocenters. The second-order valence-electron chi connectivity index (χ2n) is 9.09. The summed E-state index contributed by atoms with van der Waals surface area (Å²) in [6, 6.07) is 10.3. The molecule has 0 aliphatic carbocycles. The van der Waals surface area contributed by atoms with E-state index < -0.39 is 0 Å². The van der Waals surface area contributed by atoms with Crippen LogP contribution in [0.4, 0.5) is 11.6 Å². The maximum absolute atomic E-state index is 5.40. The van der Waals surface area contributed by atoms with Crippen LogP contribution < -0.4 is 9.80 Å². The van der Waals surface area contributed by atoms with E-state index in [0.717, 1.165) is 77.1 Å². The van der Waals surface area contributed by atoms with Gasteiger partial charge >= 0.3 is 0 Å². The molecule has 0 unspecified atom stereocenters. The van der Waals surface area contributed by atoms with Gasteiger partial charge in [0.05, 0.1) is 29.9 Å². The van der Waals surface area contributed by atoms with Crippen molar-refractivity contribution in [3.8, 4) is 11.4 Å². The number of hydrogen-bond donors (Lipinski definition) is 0. The van der Waals surface area contributed by atoms with E-state index in [0.29, 0.717) is 13.2 Å². The Morgan fingerprint density at radius 2 is 1.63 bits per heavy atom. The van der Waals surface area contributed by atoms with Crippen molar-refractivity contribution in [1.82, 2.24) is 24.6 Å². The van der Waals surface area contributed by atoms with E-state index >= 15 is 0 Å². The maximum Gasteiger partial charge on any atom is 0.160 e. The van der Waals surface area contributed by atoms with Crippen molar-refractivity contribution in [2.45, 2.75) is 26.7 Å². The van der Waals surface area contributed by atoms with Crippen molar-refractivity contribution in [2.24, 2.45) is 0 Å². The van der Waals surface area contributed by atoms with Gasteiger partial charge in [-0.25, -0.2) is 15.0 Å². The fraction of sp³-hybridized carbons (Fsp3) is 0.462. The maximum atomic E-state index is 5.40. The molecule has 5 rings (SSSR count). The number of methoxy groups -OCH3 is 2. The molecule has 0 spiro atoms. The summed E-state index contributed by atoms with van der Waals surface area (Å²) < 4.78 is 12.7. The molecule has 1 aliphatic rings. The SMILES string of the molecule is COCCN(CCOC)c1cc(N2CCCC2)nc2cc(-c3nc4cc(C)ccc4nc3C)nn12. The minimum atomic E-state index is 0.606. The van der Waals surface area contributed by atoms with Crippen molar-refractivity contribution in [1.29, 1.82) is 0 Å². The standard InChI is InChI=1S/C26H33N7O2/c1-18-7-8-20-21(15-18)28-26(19(2)27-20)22-16-24-29-23(31-9-5-6-10-31)17-25(33(24)30-22)32(11-13-34-3)12-14-35-4/h7-8,15-17H,5-6,9-14H2,1-4H3. The van der Waals surface area contributed by atoms with E-state index in [4.69, 9.17) is 29.5 Å². The lowest BCUT2D eigenvalue weighted by Crippen LogP contribution is -2.33. The number of rotatable bonds is 9. The Bertz CT molecular complexity index is 1320. The first-order valence-electron chi connectivity index (χ1n) is 12.2. The van der Waals surface area contributed by atoms with Gasteiger partial charge in [0.25, 0.3) is 0 Å². The summed E-state index contributed by atoms with van der Waals surface area (Å²) in [5, 5.41) is 4.99. The van der Waals surface area contributed by atoms with Crippen LogP contribution in [0.15, 0.2) is 30.3 Å². The van der Waals surface area contributed by atoms with Gasteiger partial charge in [-0.1, -0.05) is 6.07 Å². The summed E-state index contributed by atoms with van der Waals surface area (Å²) in [7, 11) is 3.45. The van der Waals surface area contributed by atoms with Crippen LogP contribution in [0.3, 0.4) is 0 Å². The summed E-state index contributed by atoms with van der Waals surface area (Å²) in [4.78, 5) is 19.3. The van der Waals surface area contributed by atoms with Gasteiger partial charge in [-0.15, -0.1) is 0 Å². The Kier molecular flexibility index (Phi) is 6.79. The molecule has 35 heavy (non-hydrogen) atoms. The van der Waals surface area contributed by atoms with Crippen LogP contribution in [-0.2, 0) is 9.47 Å². The molecule has 3 aromatic heterocycles. The Labute approximate surface area is 205 Å². The Hall–Kier alpha value is -3.30. The minimum Gasteiger partial charge on any atom is -0.383 e. The lowest BCUT2D eigenvalue weighted by molar-refractivity contribution is 0.190. The average Bonchev–Trinajstić information content (AvgIpc) is 3.54. The third kappa shape index (κ3) is 4.78. The minimum absolute atomic E-state index is 0.606. The molecular formula is C26H33N7O2. The Morgan fingerprint density at radius 3 is 2.34 bits per heavy atom. The highest BCUT2D eigenvalue weighted by atomic mass is 16.5. The number of ether oxygens (including phenoxy) is 2. The van der Waals surface area contributed by atoms with E-state index in [9.17, 15) is 0 Å². The first-order valence-corrected chi connectivity index (χ1v) is 12.2. The van der Waals surface area contributed by atoms with Gasteiger partial charge in [0.1, 0.15) is 23.0 Å². The van der Waals surface area contributed by atoms with Crippen molar-refractivity contribution in [2.75, 3.05) is 63.4 Å². The van der Waals surface area contributed by atoms with E-state index in [1.165, 1.54) is 12.8 Å². The highest BCUT2D eigenvalue weighted by molar-refractivity contribution is 5.79. The molecule has 0 saturated carbocycles. The molecule has 0 N–H and O–H groups in total. The lowest BCUT2D eigenvalue weighted by atomic mass is 10.2. The van der Waals surface area contributed by atoms with Gasteiger partial charge in [0.15, 0.2) is 5.65 Å². The van der Waals surface area contributed by atoms with E-state index in [-0.39, 0.29) is 0 Å². The molecule has 9 nitrogen and oxygen atoms in total. The number of aryl methyl sites for hydroxylation is 2. The molecule has 184 valence electrons. The van der Waals surface area contributed by atoms with Crippen LogP contribution in [0.1, 0.15) is 24.1 Å². The van der Waals surface area contributed by atoms with Crippen molar-refractivity contribution in [3.63, 3.8) is 0 Å². The van der Waals surface area contributed by atoms with Crippen LogP contribution in [0, 0.1) is 13.8 Å². The van der Waals surface area contributed by atoms with Crippen LogP contribution in [0.2, 0.25) is 0 Å². The third-order valence-electron chi connectivity index (χ3n) is 6.52. The predicted molar refractivity (Wildman–Crippen MR) is 138 cm³/mol. The first-order chi connectivity index (χ1) is 17.1. The molecular weight excluding hydrogens is 442 g/mol. The summed E-state index contributed by atoms with van der Waals surface area (Å²) in [6.07, 6.45) is 2.38. The summed E-state index contributed by atoms with van der Waals surface area (Å²) in [6.45, 7) is 8.76. The molecule has 1 aromatic carbocycles. The lowest BCUT2D eigenvalue weighted by Gasteiger charge is -2.26. The molecule has 1 fully saturated rings. The highest BCUT2D eigenvalue weighted by Gasteiger charge is 2.21. The third-order valence-corrected chi connectivity index (χ3v) is 6.52. The summed E-state index contributed by atoms with van der Waals surface area (Å²) >= 11 is 0. The zero-order chi connectivity index (χ0) is 24.4. The summed E-state index contributed by atoms with van der Waals surface area (Å²) in [5.41, 5.74) is 6.11. The second-order valence-corrected chi connectivity index (χ2v) is 9.09. The zero-order valence-corrected chi connectivity index (χ0v) is 21.0. The molecule has 0 radical (unpaired) electrons. The number of aromatic nitrogens is 5. The number of benzene rings is 1. The number of anilines is 2. The molecule has 4 aromatic rings. The van der Waals surface area contributed by atoms with E-state index in [1.807, 2.05) is 23.6 Å². The number of nitrogens with zero attached hydrogens (tertiary/aromatic N) is 7. The van der Waals surface area contributed by atoms with Gasteiger partial charge in [0.2, 0.25) is 0 Å². The van der Waals surface area contributed by atoms with Gasteiger partial charge in [-0.05, 0) is 44.4 Å². The monoisotopic (exact) mass is 475 g/mol. The van der Waals surface area contributed by atoms with Crippen molar-refractivity contribution >= 4 is 28.3 Å². The Morgan fingerprint density at radius 1 is 0.886 bits per heavy atom. The molecule has 4 heterocycles. The topological polar surface area (TPSA) is 80.9 Å². The fourth-order valence-electron chi connectivity index (χ4n) is 4.63.